The topological polar surface area (TPSA) is 86.6 Å². The first-order valence-corrected chi connectivity index (χ1v) is 8.46. The highest BCUT2D eigenvalue weighted by atomic mass is 16.4. The summed E-state index contributed by atoms with van der Waals surface area (Å²) in [5.41, 5.74) is 1.72. The molecule has 3 N–H and O–H groups in total. The highest BCUT2D eigenvalue weighted by molar-refractivity contribution is 6.81. The molecule has 1 aliphatic rings. The van der Waals surface area contributed by atoms with Gasteiger partial charge in [0.25, 0.3) is 5.91 Å². The molecule has 1 fully saturated rings. The molecule has 0 unspecified atom stereocenters. The summed E-state index contributed by atoms with van der Waals surface area (Å²) in [6.45, 7) is 0. The van der Waals surface area contributed by atoms with Crippen LogP contribution in [0.15, 0.2) is 48.5 Å². The van der Waals surface area contributed by atoms with Crippen LogP contribution in [0.3, 0.4) is 0 Å². The van der Waals surface area contributed by atoms with E-state index >= 15 is 0 Å². The van der Waals surface area contributed by atoms with Gasteiger partial charge in [-0.25, -0.2) is 0 Å². The Morgan fingerprint density at radius 3 is 2.24 bits per heavy atom. The van der Waals surface area contributed by atoms with E-state index < -0.39 is 12.8 Å². The van der Waals surface area contributed by atoms with Gasteiger partial charge in [0.2, 0.25) is 0 Å². The van der Waals surface area contributed by atoms with Crippen molar-refractivity contribution in [1.82, 2.24) is 5.32 Å². The molecule has 0 atom stereocenters. The van der Waals surface area contributed by atoms with E-state index in [9.17, 15) is 9.59 Å². The number of hydrogen-bond donors (Lipinski definition) is 3. The number of rotatable bonds is 5. The first-order chi connectivity index (χ1) is 12.0. The van der Waals surface area contributed by atoms with E-state index in [1.165, 1.54) is 18.9 Å². The van der Waals surface area contributed by atoms with Crippen LogP contribution >= 0.6 is 0 Å². The number of nitrogens with one attached hydrogen (secondary N) is 1. The van der Waals surface area contributed by atoms with Crippen LogP contribution in [-0.4, -0.2) is 34.8 Å². The zero-order valence-corrected chi connectivity index (χ0v) is 13.8. The van der Waals surface area contributed by atoms with Crippen LogP contribution in [0, 0.1) is 0 Å². The number of amides is 1. The molecular formula is C19H20BNO4. The standard InChI is InChI=1S/C19H20BNO4/c22-18(20(24)25)16-5-3-4-15(12-16)13-8-10-14(11-9-13)19(23)21-17-6-1-2-7-17/h3-5,8-12,17,24-25H,1-2,6-7H2,(H,21,23). The number of carbonyl (C=O) groups is 2. The molecule has 6 heteroatoms. The minimum absolute atomic E-state index is 0.0641. The molecule has 0 aliphatic heterocycles. The van der Waals surface area contributed by atoms with E-state index in [4.69, 9.17) is 10.0 Å². The minimum atomic E-state index is -2.02. The molecule has 0 saturated heterocycles. The van der Waals surface area contributed by atoms with Crippen LogP contribution in [0.4, 0.5) is 0 Å². The molecule has 1 saturated carbocycles. The molecule has 0 heterocycles. The lowest BCUT2D eigenvalue weighted by Crippen LogP contribution is -2.32. The van der Waals surface area contributed by atoms with Crippen LogP contribution in [-0.2, 0) is 0 Å². The Bertz CT molecular complexity index is 767. The predicted octanol–water partition coefficient (Wildman–Crippen LogP) is 2.22. The second-order valence-electron chi connectivity index (χ2n) is 6.35. The summed E-state index contributed by atoms with van der Waals surface area (Å²) in [6.07, 6.45) is 4.42. The van der Waals surface area contributed by atoms with Crippen molar-refractivity contribution in [1.29, 1.82) is 0 Å². The van der Waals surface area contributed by atoms with Gasteiger partial charge in [-0.2, -0.15) is 0 Å². The molecule has 128 valence electrons. The summed E-state index contributed by atoms with van der Waals surface area (Å²) in [4.78, 5) is 23.9. The molecule has 0 aromatic heterocycles. The van der Waals surface area contributed by atoms with Crippen molar-refractivity contribution in [3.63, 3.8) is 0 Å². The van der Waals surface area contributed by atoms with Crippen molar-refractivity contribution in [3.05, 3.63) is 59.7 Å². The van der Waals surface area contributed by atoms with Gasteiger partial charge in [0.1, 0.15) is 0 Å². The highest BCUT2D eigenvalue weighted by Crippen LogP contribution is 2.22. The highest BCUT2D eigenvalue weighted by Gasteiger charge is 2.21. The number of benzene rings is 2. The molecule has 3 rings (SSSR count). The number of carbonyl (C=O) groups excluding carboxylic acids is 2. The maximum Gasteiger partial charge on any atom is 0.532 e. The monoisotopic (exact) mass is 337 g/mol. The number of hydrogen-bond acceptors (Lipinski definition) is 4. The average molecular weight is 337 g/mol. The Morgan fingerprint density at radius 2 is 1.60 bits per heavy atom. The third kappa shape index (κ3) is 4.16. The molecule has 25 heavy (non-hydrogen) atoms. The van der Waals surface area contributed by atoms with Crippen molar-refractivity contribution in [2.75, 3.05) is 0 Å². The fraction of sp³-hybridized carbons (Fsp3) is 0.263. The van der Waals surface area contributed by atoms with Crippen LogP contribution in [0.25, 0.3) is 11.1 Å². The Hall–Kier alpha value is -2.44. The minimum Gasteiger partial charge on any atom is -0.421 e. The molecule has 0 bridgehead atoms. The van der Waals surface area contributed by atoms with Crippen LogP contribution in [0.5, 0.6) is 0 Å². The van der Waals surface area contributed by atoms with Crippen molar-refractivity contribution in [3.8, 4) is 11.1 Å². The summed E-state index contributed by atoms with van der Waals surface area (Å²) < 4.78 is 0. The van der Waals surface area contributed by atoms with Gasteiger partial charge in [-0.3, -0.25) is 9.59 Å². The Balaban J connectivity index is 1.74. The fourth-order valence-electron chi connectivity index (χ4n) is 3.15. The lowest BCUT2D eigenvalue weighted by Gasteiger charge is -2.12. The maximum absolute atomic E-state index is 12.3. The van der Waals surface area contributed by atoms with E-state index in [-0.39, 0.29) is 17.5 Å². The van der Waals surface area contributed by atoms with Gasteiger partial charge < -0.3 is 15.4 Å². The Labute approximate surface area is 146 Å². The smallest absolute Gasteiger partial charge is 0.421 e. The second-order valence-corrected chi connectivity index (χ2v) is 6.35. The molecule has 1 amide bonds. The fourth-order valence-corrected chi connectivity index (χ4v) is 3.15. The second kappa shape index (κ2) is 7.63. The molecule has 2 aromatic carbocycles. The first kappa shape index (κ1) is 17.4. The van der Waals surface area contributed by atoms with Crippen LogP contribution in [0.2, 0.25) is 0 Å². The summed E-state index contributed by atoms with van der Waals surface area (Å²) in [7, 11) is -2.02. The summed E-state index contributed by atoms with van der Waals surface area (Å²) in [5, 5.41) is 21.1. The van der Waals surface area contributed by atoms with E-state index in [0.717, 1.165) is 24.0 Å². The average Bonchev–Trinajstić information content (AvgIpc) is 3.14. The van der Waals surface area contributed by atoms with Crippen molar-refractivity contribution in [2.45, 2.75) is 31.7 Å². The lowest BCUT2D eigenvalue weighted by atomic mass is 9.79. The summed E-state index contributed by atoms with van der Waals surface area (Å²) >= 11 is 0. The van der Waals surface area contributed by atoms with Gasteiger partial charge in [0.05, 0.1) is 0 Å². The van der Waals surface area contributed by atoms with E-state index in [1.54, 1.807) is 24.3 Å². The molecule has 5 nitrogen and oxygen atoms in total. The molecule has 0 spiro atoms. The molecule has 2 aromatic rings. The van der Waals surface area contributed by atoms with Gasteiger partial charge in [-0.05, 0) is 42.2 Å². The Kier molecular flexibility index (Phi) is 5.31. The van der Waals surface area contributed by atoms with Crippen LogP contribution < -0.4 is 5.32 Å². The van der Waals surface area contributed by atoms with Crippen LogP contribution in [0.1, 0.15) is 46.4 Å². The van der Waals surface area contributed by atoms with E-state index in [2.05, 4.69) is 5.32 Å². The van der Waals surface area contributed by atoms with Gasteiger partial charge in [0.15, 0.2) is 5.68 Å². The summed E-state index contributed by atoms with van der Waals surface area (Å²) in [5.74, 6) is -0.0641. The first-order valence-electron chi connectivity index (χ1n) is 8.46. The SMILES string of the molecule is O=C(NC1CCCC1)c1ccc(-c2cccc(C(=O)B(O)O)c2)cc1. The maximum atomic E-state index is 12.3. The van der Waals surface area contributed by atoms with Crippen molar-refractivity contribution in [2.24, 2.45) is 0 Å². The largest absolute Gasteiger partial charge is 0.532 e. The molecule has 0 radical (unpaired) electrons. The van der Waals surface area contributed by atoms with Crippen molar-refractivity contribution < 1.29 is 19.6 Å². The van der Waals surface area contributed by atoms with Gasteiger partial charge in [-0.15, -0.1) is 0 Å². The van der Waals surface area contributed by atoms with Crippen molar-refractivity contribution >= 4 is 18.7 Å². The predicted molar refractivity (Wildman–Crippen MR) is 96.1 cm³/mol. The lowest BCUT2D eigenvalue weighted by molar-refractivity contribution is 0.0937. The third-order valence-electron chi connectivity index (χ3n) is 4.55. The third-order valence-corrected chi connectivity index (χ3v) is 4.55. The molecule has 1 aliphatic carbocycles. The quantitative estimate of drug-likeness (QED) is 0.730. The van der Waals surface area contributed by atoms with E-state index in [1.807, 2.05) is 18.2 Å². The van der Waals surface area contributed by atoms with Gasteiger partial charge in [-0.1, -0.05) is 43.2 Å². The summed E-state index contributed by atoms with van der Waals surface area (Å²) in [6, 6.07) is 14.1. The zero-order chi connectivity index (χ0) is 17.8. The van der Waals surface area contributed by atoms with Gasteiger partial charge in [0, 0.05) is 17.2 Å². The Morgan fingerprint density at radius 1 is 0.920 bits per heavy atom. The molecular weight excluding hydrogens is 317 g/mol. The van der Waals surface area contributed by atoms with Gasteiger partial charge >= 0.3 is 7.12 Å². The van der Waals surface area contributed by atoms with E-state index in [0.29, 0.717) is 5.56 Å². The normalized spacial score (nSPS) is 14.3. The zero-order valence-electron chi connectivity index (χ0n) is 13.8.